The van der Waals surface area contributed by atoms with Crippen LogP contribution in [0, 0.1) is 0 Å². The zero-order chi connectivity index (χ0) is 16.1. The molecule has 0 unspecified atom stereocenters. The average Bonchev–Trinajstić information content (AvgIpc) is 2.98. The first-order valence-corrected chi connectivity index (χ1v) is 7.37. The zero-order valence-electron chi connectivity index (χ0n) is 12.8. The summed E-state index contributed by atoms with van der Waals surface area (Å²) in [6, 6.07) is 12.9. The Balaban J connectivity index is 1.53. The smallest absolute Gasteiger partial charge is 0.319 e. The summed E-state index contributed by atoms with van der Waals surface area (Å²) < 4.78 is 7.16. The lowest BCUT2D eigenvalue weighted by atomic mass is 10.3. The van der Waals surface area contributed by atoms with Crippen molar-refractivity contribution in [1.29, 1.82) is 0 Å². The maximum absolute atomic E-state index is 11.9. The number of urea groups is 1. The van der Waals surface area contributed by atoms with Crippen molar-refractivity contribution in [1.82, 2.24) is 14.7 Å². The van der Waals surface area contributed by atoms with Gasteiger partial charge in [-0.15, -0.1) is 0 Å². The summed E-state index contributed by atoms with van der Waals surface area (Å²) in [5.74, 6) is 0.628. The Morgan fingerprint density at radius 3 is 2.87 bits per heavy atom. The van der Waals surface area contributed by atoms with Gasteiger partial charge in [0.05, 0.1) is 18.5 Å². The molecule has 0 aliphatic rings. The van der Waals surface area contributed by atoms with Crippen molar-refractivity contribution >= 4 is 17.4 Å². The maximum atomic E-state index is 11.9. The number of anilines is 1. The number of nitrogens with one attached hydrogen (secondary N) is 2. The molecule has 0 atom stereocenters. The fourth-order valence-electron chi connectivity index (χ4n) is 2.33. The first-order valence-electron chi connectivity index (χ1n) is 7.37. The first-order chi connectivity index (χ1) is 11.3. The molecule has 1 aromatic carbocycles. The predicted molar refractivity (Wildman–Crippen MR) is 88.9 cm³/mol. The SMILES string of the molecule is COc1ccccc1NC(=O)NCCc1cn2ccccc2n1. The van der Waals surface area contributed by atoms with Crippen LogP contribution in [-0.4, -0.2) is 29.1 Å². The number of amides is 2. The van der Waals surface area contributed by atoms with E-state index in [1.54, 1.807) is 19.2 Å². The van der Waals surface area contributed by atoms with E-state index in [1.165, 1.54) is 0 Å². The van der Waals surface area contributed by atoms with E-state index in [9.17, 15) is 4.79 Å². The molecule has 3 aromatic rings. The van der Waals surface area contributed by atoms with Gasteiger partial charge in [-0.05, 0) is 24.3 Å². The number of aromatic nitrogens is 2. The molecule has 23 heavy (non-hydrogen) atoms. The van der Waals surface area contributed by atoms with Crippen molar-refractivity contribution in [2.75, 3.05) is 19.0 Å². The molecule has 0 fully saturated rings. The second-order valence-corrected chi connectivity index (χ2v) is 5.03. The minimum Gasteiger partial charge on any atom is -0.495 e. The van der Waals surface area contributed by atoms with Gasteiger partial charge in [0.25, 0.3) is 0 Å². The van der Waals surface area contributed by atoms with Gasteiger partial charge in [-0.25, -0.2) is 9.78 Å². The summed E-state index contributed by atoms with van der Waals surface area (Å²) in [6.45, 7) is 0.505. The van der Waals surface area contributed by atoms with Crippen LogP contribution in [-0.2, 0) is 6.42 Å². The van der Waals surface area contributed by atoms with E-state index in [0.29, 0.717) is 24.4 Å². The first kappa shape index (κ1) is 14.9. The molecular formula is C17H18N4O2. The van der Waals surface area contributed by atoms with Crippen molar-refractivity contribution in [2.45, 2.75) is 6.42 Å². The number of para-hydroxylation sites is 2. The highest BCUT2D eigenvalue weighted by molar-refractivity contribution is 5.90. The third-order valence-electron chi connectivity index (χ3n) is 3.44. The summed E-state index contributed by atoms with van der Waals surface area (Å²) in [5, 5.41) is 5.59. The van der Waals surface area contributed by atoms with Crippen LogP contribution in [0.4, 0.5) is 10.5 Å². The van der Waals surface area contributed by atoms with Gasteiger partial charge in [0, 0.05) is 25.4 Å². The number of hydrogen-bond donors (Lipinski definition) is 2. The number of pyridine rings is 1. The highest BCUT2D eigenvalue weighted by Crippen LogP contribution is 2.22. The summed E-state index contributed by atoms with van der Waals surface area (Å²) in [5.41, 5.74) is 2.48. The van der Waals surface area contributed by atoms with E-state index in [0.717, 1.165) is 11.3 Å². The van der Waals surface area contributed by atoms with Crippen LogP contribution in [0.15, 0.2) is 54.9 Å². The third kappa shape index (κ3) is 3.60. The number of nitrogens with zero attached hydrogens (tertiary/aromatic N) is 2. The molecule has 118 valence electrons. The number of carbonyl (C=O) groups excluding carboxylic acids is 1. The van der Waals surface area contributed by atoms with Gasteiger partial charge in [0.15, 0.2) is 0 Å². The number of rotatable bonds is 5. The lowest BCUT2D eigenvalue weighted by molar-refractivity contribution is 0.252. The number of benzene rings is 1. The second kappa shape index (κ2) is 6.83. The van der Waals surface area contributed by atoms with Gasteiger partial charge in [-0.3, -0.25) is 0 Å². The fraction of sp³-hybridized carbons (Fsp3) is 0.176. The number of imidazole rings is 1. The normalized spacial score (nSPS) is 10.5. The number of hydrogen-bond acceptors (Lipinski definition) is 3. The highest BCUT2D eigenvalue weighted by atomic mass is 16.5. The summed E-state index contributed by atoms with van der Waals surface area (Å²) in [7, 11) is 1.57. The van der Waals surface area contributed by atoms with Gasteiger partial charge >= 0.3 is 6.03 Å². The molecule has 0 saturated heterocycles. The molecule has 2 amide bonds. The molecule has 6 nitrogen and oxygen atoms in total. The van der Waals surface area contributed by atoms with Crippen LogP contribution in [0.3, 0.4) is 0 Å². The van der Waals surface area contributed by atoms with Crippen LogP contribution in [0.2, 0.25) is 0 Å². The van der Waals surface area contributed by atoms with Crippen molar-refractivity contribution in [3.63, 3.8) is 0 Å². The van der Waals surface area contributed by atoms with Gasteiger partial charge in [0.2, 0.25) is 0 Å². The Morgan fingerprint density at radius 2 is 2.04 bits per heavy atom. The minimum atomic E-state index is -0.265. The molecule has 2 heterocycles. The molecule has 0 aliphatic carbocycles. The van der Waals surface area contributed by atoms with E-state index < -0.39 is 0 Å². The molecule has 2 aromatic heterocycles. The van der Waals surface area contributed by atoms with Crippen LogP contribution in [0.1, 0.15) is 5.69 Å². The molecule has 0 aliphatic heterocycles. The standard InChI is InChI=1S/C17H18N4O2/c1-23-15-7-3-2-6-14(15)20-17(22)18-10-9-13-12-21-11-5-4-8-16(21)19-13/h2-8,11-12H,9-10H2,1H3,(H2,18,20,22). The molecule has 2 N–H and O–H groups in total. The topological polar surface area (TPSA) is 67.7 Å². The van der Waals surface area contributed by atoms with Gasteiger partial charge in [0.1, 0.15) is 11.4 Å². The average molecular weight is 310 g/mol. The Bertz CT molecular complexity index is 780. The quantitative estimate of drug-likeness (QED) is 0.761. The Hall–Kier alpha value is -3.02. The van der Waals surface area contributed by atoms with E-state index in [2.05, 4.69) is 15.6 Å². The monoisotopic (exact) mass is 310 g/mol. The largest absolute Gasteiger partial charge is 0.495 e. The predicted octanol–water partition coefficient (Wildman–Crippen LogP) is 2.71. The Kier molecular flexibility index (Phi) is 4.42. The summed E-state index contributed by atoms with van der Waals surface area (Å²) in [6.07, 6.45) is 4.59. The van der Waals surface area contributed by atoms with Crippen LogP contribution < -0.4 is 15.4 Å². The number of fused-ring (bicyclic) bond motifs is 1. The fourth-order valence-corrected chi connectivity index (χ4v) is 2.33. The number of carbonyl (C=O) groups is 1. The van der Waals surface area contributed by atoms with Gasteiger partial charge in [-0.2, -0.15) is 0 Å². The lowest BCUT2D eigenvalue weighted by Crippen LogP contribution is -2.30. The molecule has 0 bridgehead atoms. The highest BCUT2D eigenvalue weighted by Gasteiger charge is 2.06. The van der Waals surface area contributed by atoms with Crippen LogP contribution >= 0.6 is 0 Å². The van der Waals surface area contributed by atoms with Gasteiger partial charge < -0.3 is 19.8 Å². The van der Waals surface area contributed by atoms with E-state index in [4.69, 9.17) is 4.74 Å². The third-order valence-corrected chi connectivity index (χ3v) is 3.44. The van der Waals surface area contributed by atoms with Crippen molar-refractivity contribution in [2.24, 2.45) is 0 Å². The summed E-state index contributed by atoms with van der Waals surface area (Å²) in [4.78, 5) is 16.4. The van der Waals surface area contributed by atoms with E-state index in [-0.39, 0.29) is 6.03 Å². The van der Waals surface area contributed by atoms with Crippen molar-refractivity contribution < 1.29 is 9.53 Å². The molecule has 6 heteroatoms. The molecule has 3 rings (SSSR count). The summed E-state index contributed by atoms with van der Waals surface area (Å²) >= 11 is 0. The van der Waals surface area contributed by atoms with Crippen molar-refractivity contribution in [3.05, 3.63) is 60.6 Å². The second-order valence-electron chi connectivity index (χ2n) is 5.03. The zero-order valence-corrected chi connectivity index (χ0v) is 12.8. The van der Waals surface area contributed by atoms with E-state index in [1.807, 2.05) is 47.1 Å². The van der Waals surface area contributed by atoms with Crippen LogP contribution in [0.5, 0.6) is 5.75 Å². The maximum Gasteiger partial charge on any atom is 0.319 e. The minimum absolute atomic E-state index is 0.265. The molecule has 0 radical (unpaired) electrons. The Labute approximate surface area is 134 Å². The Morgan fingerprint density at radius 1 is 1.22 bits per heavy atom. The molecule has 0 saturated carbocycles. The van der Waals surface area contributed by atoms with Gasteiger partial charge in [-0.1, -0.05) is 18.2 Å². The van der Waals surface area contributed by atoms with E-state index >= 15 is 0 Å². The molecular weight excluding hydrogens is 292 g/mol. The molecule has 0 spiro atoms. The number of methoxy groups -OCH3 is 1. The lowest BCUT2D eigenvalue weighted by Gasteiger charge is -2.10. The van der Waals surface area contributed by atoms with Crippen LogP contribution in [0.25, 0.3) is 5.65 Å². The number of ether oxygens (including phenoxy) is 1. The van der Waals surface area contributed by atoms with Crippen molar-refractivity contribution in [3.8, 4) is 5.75 Å².